The predicted molar refractivity (Wildman–Crippen MR) is 78.8 cm³/mol. The summed E-state index contributed by atoms with van der Waals surface area (Å²) in [4.78, 5) is 7.37. The van der Waals surface area contributed by atoms with E-state index in [4.69, 9.17) is 17.3 Å². The van der Waals surface area contributed by atoms with Crippen LogP contribution in [0.25, 0.3) is 23.1 Å². The molecule has 0 unspecified atom stereocenters. The van der Waals surface area contributed by atoms with Gasteiger partial charge < -0.3 is 10.7 Å². The van der Waals surface area contributed by atoms with Crippen LogP contribution in [0.3, 0.4) is 0 Å². The number of hydrogen-bond donors (Lipinski definition) is 2. The van der Waals surface area contributed by atoms with E-state index in [1.54, 1.807) is 0 Å². The van der Waals surface area contributed by atoms with Crippen LogP contribution in [0, 0.1) is 0 Å². The van der Waals surface area contributed by atoms with Crippen molar-refractivity contribution in [2.24, 2.45) is 0 Å². The molecular weight excluding hydrogens is 266 g/mol. The van der Waals surface area contributed by atoms with E-state index in [9.17, 15) is 0 Å². The van der Waals surface area contributed by atoms with Crippen LogP contribution in [0.4, 0.5) is 5.13 Å². The molecule has 5 heteroatoms. The van der Waals surface area contributed by atoms with Gasteiger partial charge in [-0.15, -0.1) is 11.3 Å². The molecule has 3 aromatic rings. The van der Waals surface area contributed by atoms with Crippen molar-refractivity contribution in [3.63, 3.8) is 0 Å². The second kappa shape index (κ2) is 4.48. The molecule has 90 valence electrons. The molecule has 0 bridgehead atoms. The fourth-order valence-electron chi connectivity index (χ4n) is 1.81. The molecule has 1 aromatic carbocycles. The summed E-state index contributed by atoms with van der Waals surface area (Å²) >= 11 is 7.38. The number of anilines is 1. The maximum atomic E-state index is 5.94. The van der Waals surface area contributed by atoms with Gasteiger partial charge in [-0.25, -0.2) is 4.98 Å². The number of nitrogen functional groups attached to an aromatic ring is 1. The molecule has 2 heterocycles. The highest BCUT2D eigenvalue weighted by Crippen LogP contribution is 2.23. The van der Waals surface area contributed by atoms with Gasteiger partial charge in [-0.05, 0) is 23.8 Å². The number of nitrogens with one attached hydrogen (secondary N) is 1. The lowest BCUT2D eigenvalue weighted by molar-refractivity contribution is 1.39. The summed E-state index contributed by atoms with van der Waals surface area (Å²) in [7, 11) is 0. The van der Waals surface area contributed by atoms with Crippen molar-refractivity contribution < 1.29 is 0 Å². The lowest BCUT2D eigenvalue weighted by Crippen LogP contribution is -1.80. The molecule has 0 aliphatic carbocycles. The Morgan fingerprint density at radius 3 is 3.00 bits per heavy atom. The summed E-state index contributed by atoms with van der Waals surface area (Å²) in [6, 6.07) is 5.80. The molecule has 0 saturated heterocycles. The van der Waals surface area contributed by atoms with Crippen LogP contribution in [0.2, 0.25) is 5.02 Å². The van der Waals surface area contributed by atoms with Crippen molar-refractivity contribution in [1.29, 1.82) is 0 Å². The average Bonchev–Trinajstić information content (AvgIpc) is 2.92. The number of hydrogen-bond acceptors (Lipinski definition) is 3. The number of nitrogens with zero attached hydrogens (tertiary/aromatic N) is 1. The Morgan fingerprint density at radius 2 is 2.22 bits per heavy atom. The number of fused-ring (bicyclic) bond motifs is 1. The van der Waals surface area contributed by atoms with Crippen molar-refractivity contribution in [2.75, 3.05) is 5.73 Å². The molecule has 0 amide bonds. The van der Waals surface area contributed by atoms with Gasteiger partial charge in [0.15, 0.2) is 5.13 Å². The molecule has 3 N–H and O–H groups in total. The Morgan fingerprint density at radius 1 is 1.33 bits per heavy atom. The van der Waals surface area contributed by atoms with Crippen LogP contribution >= 0.6 is 22.9 Å². The van der Waals surface area contributed by atoms with Crippen LogP contribution in [-0.4, -0.2) is 9.97 Å². The number of H-pyrrole nitrogens is 1. The van der Waals surface area contributed by atoms with Crippen molar-refractivity contribution in [2.45, 2.75) is 0 Å². The Labute approximate surface area is 113 Å². The first-order valence-corrected chi connectivity index (χ1v) is 6.64. The van der Waals surface area contributed by atoms with Crippen LogP contribution in [0.15, 0.2) is 29.8 Å². The summed E-state index contributed by atoms with van der Waals surface area (Å²) in [6.07, 6.45) is 5.92. The second-order valence-corrected chi connectivity index (χ2v) is 5.20. The highest BCUT2D eigenvalue weighted by atomic mass is 35.5. The first-order valence-electron chi connectivity index (χ1n) is 5.38. The van der Waals surface area contributed by atoms with Gasteiger partial charge in [-0.3, -0.25) is 0 Å². The van der Waals surface area contributed by atoms with E-state index in [1.807, 2.05) is 41.9 Å². The summed E-state index contributed by atoms with van der Waals surface area (Å²) in [6.45, 7) is 0. The molecular formula is C13H10ClN3S. The lowest BCUT2D eigenvalue weighted by atomic mass is 10.1. The van der Waals surface area contributed by atoms with Gasteiger partial charge in [0, 0.05) is 27.5 Å². The molecule has 0 atom stereocenters. The molecule has 3 rings (SSSR count). The summed E-state index contributed by atoms with van der Waals surface area (Å²) in [5.74, 6) is 0. The zero-order chi connectivity index (χ0) is 12.5. The molecule has 0 saturated carbocycles. The van der Waals surface area contributed by atoms with Crippen molar-refractivity contribution in [1.82, 2.24) is 9.97 Å². The van der Waals surface area contributed by atoms with Crippen molar-refractivity contribution >= 4 is 51.1 Å². The fraction of sp³-hybridized carbons (Fsp3) is 0. The van der Waals surface area contributed by atoms with Crippen molar-refractivity contribution in [3.8, 4) is 0 Å². The fourth-order valence-corrected chi connectivity index (χ4v) is 2.51. The molecule has 2 aromatic heterocycles. The number of halogens is 1. The molecule has 0 radical (unpaired) electrons. The SMILES string of the molecule is Nc1nc(C=Cc2c[nH]c3cc(Cl)ccc23)cs1. The second-order valence-electron chi connectivity index (χ2n) is 3.88. The Balaban J connectivity index is 1.97. The van der Waals surface area contributed by atoms with Gasteiger partial charge in [0.05, 0.1) is 5.69 Å². The van der Waals surface area contributed by atoms with E-state index in [0.29, 0.717) is 5.13 Å². The highest BCUT2D eigenvalue weighted by molar-refractivity contribution is 7.13. The number of thiazole rings is 1. The number of rotatable bonds is 2. The Kier molecular flexibility index (Phi) is 2.81. The normalized spacial score (nSPS) is 11.6. The highest BCUT2D eigenvalue weighted by Gasteiger charge is 2.01. The average molecular weight is 276 g/mol. The Hall–Kier alpha value is -1.78. The number of aromatic nitrogens is 2. The van der Waals surface area contributed by atoms with Gasteiger partial charge in [-0.1, -0.05) is 23.7 Å². The zero-order valence-corrected chi connectivity index (χ0v) is 10.9. The zero-order valence-electron chi connectivity index (χ0n) is 9.35. The third kappa shape index (κ3) is 2.12. The smallest absolute Gasteiger partial charge is 0.180 e. The molecule has 18 heavy (non-hydrogen) atoms. The summed E-state index contributed by atoms with van der Waals surface area (Å²) in [5, 5.41) is 4.38. The molecule has 0 aliphatic rings. The molecule has 0 aliphatic heterocycles. The molecule has 0 fully saturated rings. The lowest BCUT2D eigenvalue weighted by Gasteiger charge is -1.92. The summed E-state index contributed by atoms with van der Waals surface area (Å²) < 4.78 is 0. The van der Waals surface area contributed by atoms with Gasteiger partial charge in [0.2, 0.25) is 0 Å². The van der Waals surface area contributed by atoms with Gasteiger partial charge in [0.1, 0.15) is 0 Å². The van der Waals surface area contributed by atoms with Crippen molar-refractivity contribution in [3.05, 3.63) is 46.1 Å². The van der Waals surface area contributed by atoms with Gasteiger partial charge >= 0.3 is 0 Å². The van der Waals surface area contributed by atoms with E-state index in [1.165, 1.54) is 11.3 Å². The Bertz CT molecular complexity index is 727. The number of benzene rings is 1. The quantitative estimate of drug-likeness (QED) is 0.742. The van der Waals surface area contributed by atoms with Gasteiger partial charge in [0.25, 0.3) is 0 Å². The maximum Gasteiger partial charge on any atom is 0.180 e. The minimum absolute atomic E-state index is 0.584. The minimum atomic E-state index is 0.584. The third-order valence-electron chi connectivity index (χ3n) is 2.65. The van der Waals surface area contributed by atoms with E-state index >= 15 is 0 Å². The van der Waals surface area contributed by atoms with E-state index in [2.05, 4.69) is 9.97 Å². The number of nitrogens with two attached hydrogens (primary N) is 1. The van der Waals surface area contributed by atoms with Gasteiger partial charge in [-0.2, -0.15) is 0 Å². The first-order chi connectivity index (χ1) is 8.72. The largest absolute Gasteiger partial charge is 0.375 e. The van der Waals surface area contributed by atoms with Crippen LogP contribution in [0.1, 0.15) is 11.3 Å². The standard InChI is InChI=1S/C13H10ClN3S/c14-9-2-4-11-8(6-16-12(11)5-9)1-3-10-7-18-13(15)17-10/h1-7,16H,(H2,15,17). The van der Waals surface area contributed by atoms with E-state index in [0.717, 1.165) is 27.2 Å². The van der Waals surface area contributed by atoms with E-state index < -0.39 is 0 Å². The number of aromatic amines is 1. The topological polar surface area (TPSA) is 54.7 Å². The van der Waals surface area contributed by atoms with Crippen LogP contribution < -0.4 is 5.73 Å². The molecule has 3 nitrogen and oxygen atoms in total. The predicted octanol–water partition coefficient (Wildman–Crippen LogP) is 4.03. The maximum absolute atomic E-state index is 5.94. The molecule has 0 spiro atoms. The van der Waals surface area contributed by atoms with Crippen LogP contribution in [-0.2, 0) is 0 Å². The first kappa shape index (κ1) is 11.3. The minimum Gasteiger partial charge on any atom is -0.375 e. The monoisotopic (exact) mass is 275 g/mol. The summed E-state index contributed by atoms with van der Waals surface area (Å²) in [5.41, 5.74) is 8.60. The van der Waals surface area contributed by atoms with Crippen LogP contribution in [0.5, 0.6) is 0 Å². The third-order valence-corrected chi connectivity index (χ3v) is 3.58. The van der Waals surface area contributed by atoms with E-state index in [-0.39, 0.29) is 0 Å².